The van der Waals surface area contributed by atoms with Crippen LogP contribution >= 0.6 is 23.2 Å². The summed E-state index contributed by atoms with van der Waals surface area (Å²) < 4.78 is 0. The number of rotatable bonds is 4. The van der Waals surface area contributed by atoms with Crippen LogP contribution in [0, 0.1) is 10.1 Å². The zero-order chi connectivity index (χ0) is 15.6. The third kappa shape index (κ3) is 3.06. The molecule has 0 radical (unpaired) electrons. The largest absolute Gasteiger partial charge is 0.348 e. The Morgan fingerprint density at radius 3 is 2.57 bits per heavy atom. The number of aromatic nitrogens is 2. The number of nitro groups is 1. The summed E-state index contributed by atoms with van der Waals surface area (Å²) in [5, 5.41) is 11.6. The molecule has 0 bridgehead atoms. The highest BCUT2D eigenvalue weighted by atomic mass is 35.5. The van der Waals surface area contributed by atoms with Gasteiger partial charge in [-0.15, -0.1) is 0 Å². The van der Waals surface area contributed by atoms with E-state index in [2.05, 4.69) is 9.97 Å². The molecule has 0 spiro atoms. The van der Waals surface area contributed by atoms with E-state index < -0.39 is 4.92 Å². The number of anilines is 1. The molecular formula is C13H12Cl2N4O2. The van der Waals surface area contributed by atoms with Crippen LogP contribution in [0.2, 0.25) is 10.2 Å². The Bertz CT molecular complexity index is 681. The molecule has 0 saturated heterocycles. The molecule has 110 valence electrons. The summed E-state index contributed by atoms with van der Waals surface area (Å²) in [5.74, 6) is 0.146. The van der Waals surface area contributed by atoms with Crippen molar-refractivity contribution < 1.29 is 4.92 Å². The van der Waals surface area contributed by atoms with Crippen LogP contribution < -0.4 is 4.90 Å². The van der Waals surface area contributed by atoms with E-state index in [0.717, 1.165) is 5.56 Å². The van der Waals surface area contributed by atoms with Gasteiger partial charge in [0.05, 0.1) is 11.0 Å². The number of nitrogens with zero attached hydrogens (tertiary/aromatic N) is 4. The molecule has 0 fully saturated rings. The van der Waals surface area contributed by atoms with Gasteiger partial charge in [-0.2, -0.15) is 0 Å². The quantitative estimate of drug-likeness (QED) is 0.484. The molecule has 8 heteroatoms. The van der Waals surface area contributed by atoms with Crippen molar-refractivity contribution in [3.63, 3.8) is 0 Å². The van der Waals surface area contributed by atoms with Crippen molar-refractivity contribution in [2.24, 2.45) is 0 Å². The summed E-state index contributed by atoms with van der Waals surface area (Å²) >= 11 is 12.0. The van der Waals surface area contributed by atoms with E-state index in [1.165, 1.54) is 6.33 Å². The summed E-state index contributed by atoms with van der Waals surface area (Å²) in [5.41, 5.74) is 0.520. The van der Waals surface area contributed by atoms with E-state index in [1.54, 1.807) is 18.0 Å². The minimum absolute atomic E-state index is 0.146. The van der Waals surface area contributed by atoms with Crippen LogP contribution in [0.1, 0.15) is 18.5 Å². The van der Waals surface area contributed by atoms with Crippen molar-refractivity contribution in [1.82, 2.24) is 9.97 Å². The lowest BCUT2D eigenvalue weighted by Gasteiger charge is -2.26. The van der Waals surface area contributed by atoms with Gasteiger partial charge in [0, 0.05) is 12.1 Å². The highest BCUT2D eigenvalue weighted by molar-refractivity contribution is 6.32. The molecule has 2 aromatic rings. The lowest BCUT2D eigenvalue weighted by Crippen LogP contribution is -2.24. The predicted molar refractivity (Wildman–Crippen MR) is 82.0 cm³/mol. The molecule has 1 unspecified atom stereocenters. The minimum Gasteiger partial charge on any atom is -0.347 e. The van der Waals surface area contributed by atoms with Gasteiger partial charge in [0.1, 0.15) is 6.33 Å². The van der Waals surface area contributed by atoms with Crippen LogP contribution in [0.5, 0.6) is 0 Å². The molecule has 1 aromatic heterocycles. The second-order valence-electron chi connectivity index (χ2n) is 4.40. The van der Waals surface area contributed by atoms with Crippen LogP contribution in [-0.2, 0) is 0 Å². The maximum absolute atomic E-state index is 11.2. The van der Waals surface area contributed by atoms with E-state index in [1.807, 2.05) is 25.1 Å². The Labute approximate surface area is 131 Å². The second-order valence-corrected chi connectivity index (χ2v) is 5.17. The molecular weight excluding hydrogens is 315 g/mol. The summed E-state index contributed by atoms with van der Waals surface area (Å²) in [6, 6.07) is 7.08. The van der Waals surface area contributed by atoms with Crippen molar-refractivity contribution in [2.75, 3.05) is 11.9 Å². The Balaban J connectivity index is 2.46. The van der Waals surface area contributed by atoms with Gasteiger partial charge in [-0.3, -0.25) is 10.1 Å². The first-order chi connectivity index (χ1) is 9.93. The van der Waals surface area contributed by atoms with E-state index >= 15 is 0 Å². The molecule has 1 atom stereocenters. The normalized spacial score (nSPS) is 12.0. The molecule has 6 nitrogen and oxygen atoms in total. The number of hydrogen-bond donors (Lipinski definition) is 0. The van der Waals surface area contributed by atoms with Crippen molar-refractivity contribution >= 4 is 34.7 Å². The average molecular weight is 327 g/mol. The highest BCUT2D eigenvalue weighted by Crippen LogP contribution is 2.36. The smallest absolute Gasteiger partial charge is 0.347 e. The average Bonchev–Trinajstić information content (AvgIpc) is 2.45. The zero-order valence-electron chi connectivity index (χ0n) is 11.3. The molecule has 0 aliphatic carbocycles. The lowest BCUT2D eigenvalue weighted by molar-refractivity contribution is -0.384. The van der Waals surface area contributed by atoms with E-state index in [-0.39, 0.29) is 22.7 Å². The molecule has 0 aliphatic rings. The molecule has 0 N–H and O–H groups in total. The fraction of sp³-hybridized carbons (Fsp3) is 0.231. The van der Waals surface area contributed by atoms with Crippen LogP contribution in [0.3, 0.4) is 0 Å². The fourth-order valence-electron chi connectivity index (χ4n) is 1.97. The predicted octanol–water partition coefficient (Wildman–Crippen LogP) is 3.89. The highest BCUT2D eigenvalue weighted by Gasteiger charge is 2.27. The molecule has 1 heterocycles. The maximum Gasteiger partial charge on any atom is 0.348 e. The molecule has 0 saturated carbocycles. The van der Waals surface area contributed by atoms with Gasteiger partial charge in [0.15, 0.2) is 0 Å². The van der Waals surface area contributed by atoms with Crippen LogP contribution in [0.25, 0.3) is 0 Å². The van der Waals surface area contributed by atoms with E-state index in [0.29, 0.717) is 5.02 Å². The first-order valence-electron chi connectivity index (χ1n) is 6.05. The van der Waals surface area contributed by atoms with Gasteiger partial charge in [-0.05, 0) is 18.6 Å². The Morgan fingerprint density at radius 2 is 1.95 bits per heavy atom. The molecule has 1 aromatic carbocycles. The van der Waals surface area contributed by atoms with Crippen molar-refractivity contribution in [3.8, 4) is 0 Å². The van der Waals surface area contributed by atoms with Crippen molar-refractivity contribution in [3.05, 3.63) is 56.4 Å². The second kappa shape index (κ2) is 6.24. The van der Waals surface area contributed by atoms with Gasteiger partial charge < -0.3 is 4.90 Å². The molecule has 2 rings (SSSR count). The van der Waals surface area contributed by atoms with Crippen LogP contribution in [-0.4, -0.2) is 21.9 Å². The zero-order valence-corrected chi connectivity index (χ0v) is 12.8. The standard InChI is InChI=1S/C13H12Cl2N4O2/c1-8(9-5-3-4-6-10(9)14)18(2)13-11(19(20)21)12(15)16-7-17-13/h3-8H,1-2H3. The summed E-state index contributed by atoms with van der Waals surface area (Å²) in [7, 11) is 1.69. The Kier molecular flexibility index (Phi) is 4.59. The summed E-state index contributed by atoms with van der Waals surface area (Å²) in [4.78, 5) is 19.9. The van der Waals surface area contributed by atoms with Gasteiger partial charge in [-0.1, -0.05) is 41.4 Å². The van der Waals surface area contributed by atoms with Crippen LogP contribution in [0.4, 0.5) is 11.5 Å². The fourth-order valence-corrected chi connectivity index (χ4v) is 2.46. The Hall–Kier alpha value is -1.92. The molecule has 0 aliphatic heterocycles. The SMILES string of the molecule is CC(c1ccccc1Cl)N(C)c1ncnc(Cl)c1[N+](=O)[O-]. The van der Waals surface area contributed by atoms with E-state index in [9.17, 15) is 10.1 Å². The van der Waals surface area contributed by atoms with Gasteiger partial charge >= 0.3 is 5.69 Å². The van der Waals surface area contributed by atoms with Crippen molar-refractivity contribution in [2.45, 2.75) is 13.0 Å². The topological polar surface area (TPSA) is 72.2 Å². The van der Waals surface area contributed by atoms with Crippen LogP contribution in [0.15, 0.2) is 30.6 Å². The lowest BCUT2D eigenvalue weighted by atomic mass is 10.1. The number of benzene rings is 1. The minimum atomic E-state index is -0.590. The van der Waals surface area contributed by atoms with Crippen molar-refractivity contribution in [1.29, 1.82) is 0 Å². The van der Waals surface area contributed by atoms with Gasteiger partial charge in [0.25, 0.3) is 0 Å². The van der Waals surface area contributed by atoms with Gasteiger partial charge in [-0.25, -0.2) is 9.97 Å². The maximum atomic E-state index is 11.2. The van der Waals surface area contributed by atoms with E-state index in [4.69, 9.17) is 23.2 Å². The Morgan fingerprint density at radius 1 is 1.29 bits per heavy atom. The number of halogens is 2. The summed E-state index contributed by atoms with van der Waals surface area (Å²) in [6.45, 7) is 1.88. The van der Waals surface area contributed by atoms with Gasteiger partial charge in [0.2, 0.25) is 11.0 Å². The first-order valence-corrected chi connectivity index (χ1v) is 6.81. The first kappa shape index (κ1) is 15.5. The molecule has 21 heavy (non-hydrogen) atoms. The third-order valence-electron chi connectivity index (χ3n) is 3.21. The number of hydrogen-bond acceptors (Lipinski definition) is 5. The molecule has 0 amide bonds. The third-order valence-corrected chi connectivity index (χ3v) is 3.83. The monoisotopic (exact) mass is 326 g/mol. The summed E-state index contributed by atoms with van der Waals surface area (Å²) in [6.07, 6.45) is 1.19.